The first-order valence-corrected chi connectivity index (χ1v) is 9.28. The molecule has 0 aromatic carbocycles. The standard InChI is InChI=1S/C18H27FN4O/c19-14-10-20-17(21-11-14)23-8-1-6-18(13-23)7-9-22(12-18)15-2-4-16(24)5-3-15/h10-11,15-16,24H,1-9,12-13H2/t15?,16?,18-/m1/s1. The molecular formula is C18H27FN4O. The fourth-order valence-electron chi connectivity index (χ4n) is 4.89. The lowest BCUT2D eigenvalue weighted by atomic mass is 9.79. The highest BCUT2D eigenvalue weighted by Gasteiger charge is 2.43. The van der Waals surface area contributed by atoms with Crippen LogP contribution in [0.25, 0.3) is 0 Å². The van der Waals surface area contributed by atoms with E-state index in [0.717, 1.165) is 51.7 Å². The highest BCUT2D eigenvalue weighted by Crippen LogP contribution is 2.41. The number of aliphatic hydroxyl groups is 1. The van der Waals surface area contributed by atoms with Gasteiger partial charge in [0.05, 0.1) is 18.5 Å². The van der Waals surface area contributed by atoms with Gasteiger partial charge >= 0.3 is 0 Å². The van der Waals surface area contributed by atoms with Crippen LogP contribution in [0.1, 0.15) is 44.9 Å². The van der Waals surface area contributed by atoms with Crippen LogP contribution in [0.5, 0.6) is 0 Å². The fourth-order valence-corrected chi connectivity index (χ4v) is 4.89. The number of rotatable bonds is 2. The molecule has 1 spiro atoms. The predicted molar refractivity (Wildman–Crippen MR) is 90.3 cm³/mol. The number of hydrogen-bond donors (Lipinski definition) is 1. The molecule has 4 rings (SSSR count). The van der Waals surface area contributed by atoms with E-state index in [2.05, 4.69) is 19.8 Å². The van der Waals surface area contributed by atoms with Crippen molar-refractivity contribution in [3.05, 3.63) is 18.2 Å². The largest absolute Gasteiger partial charge is 0.393 e. The fraction of sp³-hybridized carbons (Fsp3) is 0.778. The van der Waals surface area contributed by atoms with Gasteiger partial charge in [0.15, 0.2) is 5.82 Å². The summed E-state index contributed by atoms with van der Waals surface area (Å²) in [4.78, 5) is 13.2. The zero-order valence-electron chi connectivity index (χ0n) is 14.2. The molecule has 2 saturated heterocycles. The van der Waals surface area contributed by atoms with Gasteiger partial charge in [0, 0.05) is 31.1 Å². The molecule has 24 heavy (non-hydrogen) atoms. The van der Waals surface area contributed by atoms with Gasteiger partial charge in [-0.25, -0.2) is 14.4 Å². The highest BCUT2D eigenvalue weighted by molar-refractivity contribution is 5.30. The molecule has 2 aliphatic heterocycles. The molecule has 1 aromatic heterocycles. The van der Waals surface area contributed by atoms with Crippen molar-refractivity contribution >= 4 is 5.95 Å². The van der Waals surface area contributed by atoms with Crippen LogP contribution >= 0.6 is 0 Å². The van der Waals surface area contributed by atoms with Crippen LogP contribution < -0.4 is 4.90 Å². The van der Waals surface area contributed by atoms with Crippen LogP contribution in [0.3, 0.4) is 0 Å². The van der Waals surface area contributed by atoms with Gasteiger partial charge in [0.1, 0.15) is 0 Å². The van der Waals surface area contributed by atoms with Gasteiger partial charge < -0.3 is 10.0 Å². The third kappa shape index (κ3) is 3.26. The van der Waals surface area contributed by atoms with Crippen LogP contribution in [-0.2, 0) is 0 Å². The Morgan fingerprint density at radius 3 is 2.54 bits per heavy atom. The molecule has 132 valence electrons. The van der Waals surface area contributed by atoms with E-state index in [4.69, 9.17) is 0 Å². The van der Waals surface area contributed by atoms with E-state index in [0.29, 0.717) is 17.4 Å². The molecule has 1 atom stereocenters. The number of piperidine rings is 1. The SMILES string of the molecule is OC1CCC(N2CC[C@]3(CCCN(c4ncc(F)cn4)C3)C2)CC1. The molecule has 0 unspecified atom stereocenters. The number of likely N-dealkylation sites (tertiary alicyclic amines) is 1. The maximum absolute atomic E-state index is 13.1. The summed E-state index contributed by atoms with van der Waals surface area (Å²) in [6, 6.07) is 0.644. The van der Waals surface area contributed by atoms with Crippen molar-refractivity contribution in [3.63, 3.8) is 0 Å². The lowest BCUT2D eigenvalue weighted by Gasteiger charge is -2.41. The van der Waals surface area contributed by atoms with Gasteiger partial charge in [-0.05, 0) is 51.5 Å². The Hall–Kier alpha value is -1.27. The number of aliphatic hydroxyl groups excluding tert-OH is 1. The van der Waals surface area contributed by atoms with E-state index in [1.165, 1.54) is 31.8 Å². The second kappa shape index (κ2) is 6.56. The van der Waals surface area contributed by atoms with Crippen molar-refractivity contribution in [2.75, 3.05) is 31.1 Å². The summed E-state index contributed by atoms with van der Waals surface area (Å²) < 4.78 is 13.1. The van der Waals surface area contributed by atoms with Crippen molar-refractivity contribution in [3.8, 4) is 0 Å². The first-order chi connectivity index (χ1) is 11.6. The molecule has 1 N–H and O–H groups in total. The summed E-state index contributed by atoms with van der Waals surface area (Å²) >= 11 is 0. The Labute approximate surface area is 142 Å². The monoisotopic (exact) mass is 334 g/mol. The molecule has 1 aliphatic carbocycles. The zero-order valence-corrected chi connectivity index (χ0v) is 14.2. The third-order valence-corrected chi connectivity index (χ3v) is 6.20. The minimum Gasteiger partial charge on any atom is -0.393 e. The second-order valence-electron chi connectivity index (χ2n) is 7.91. The van der Waals surface area contributed by atoms with Crippen LogP contribution in [0.15, 0.2) is 12.4 Å². The Kier molecular flexibility index (Phi) is 4.43. The van der Waals surface area contributed by atoms with Gasteiger partial charge in [-0.3, -0.25) is 4.90 Å². The Bertz CT molecular complexity index is 561. The van der Waals surface area contributed by atoms with Gasteiger partial charge in [-0.2, -0.15) is 0 Å². The highest BCUT2D eigenvalue weighted by atomic mass is 19.1. The average Bonchev–Trinajstić information content (AvgIpc) is 2.99. The molecule has 5 nitrogen and oxygen atoms in total. The molecule has 1 aromatic rings. The summed E-state index contributed by atoms with van der Waals surface area (Å²) in [5.41, 5.74) is 0.325. The number of halogens is 1. The van der Waals surface area contributed by atoms with Gasteiger partial charge in [-0.1, -0.05) is 0 Å². The molecule has 0 bridgehead atoms. The van der Waals surface area contributed by atoms with Crippen molar-refractivity contribution in [2.24, 2.45) is 5.41 Å². The van der Waals surface area contributed by atoms with Crippen LogP contribution in [-0.4, -0.2) is 58.3 Å². The molecule has 0 radical (unpaired) electrons. The maximum Gasteiger partial charge on any atom is 0.225 e. The van der Waals surface area contributed by atoms with Crippen molar-refractivity contribution in [2.45, 2.75) is 57.1 Å². The third-order valence-electron chi connectivity index (χ3n) is 6.20. The lowest BCUT2D eigenvalue weighted by Crippen LogP contribution is -2.47. The number of anilines is 1. The van der Waals surface area contributed by atoms with E-state index in [1.54, 1.807) is 0 Å². The summed E-state index contributed by atoms with van der Waals surface area (Å²) in [5.74, 6) is 0.284. The molecule has 1 saturated carbocycles. The summed E-state index contributed by atoms with van der Waals surface area (Å²) in [6.07, 6.45) is 10.2. The summed E-state index contributed by atoms with van der Waals surface area (Å²) in [7, 11) is 0. The summed E-state index contributed by atoms with van der Waals surface area (Å²) in [5, 5.41) is 9.73. The topological polar surface area (TPSA) is 52.5 Å². The molecule has 3 aliphatic rings. The zero-order chi connectivity index (χ0) is 16.6. The van der Waals surface area contributed by atoms with Crippen molar-refractivity contribution < 1.29 is 9.50 Å². The first-order valence-electron chi connectivity index (χ1n) is 9.28. The normalized spacial score (nSPS) is 34.8. The van der Waals surface area contributed by atoms with E-state index >= 15 is 0 Å². The van der Waals surface area contributed by atoms with Crippen LogP contribution in [0, 0.1) is 11.2 Å². The predicted octanol–water partition coefficient (Wildman–Crippen LogP) is 2.21. The van der Waals surface area contributed by atoms with Crippen LogP contribution in [0.4, 0.5) is 10.3 Å². The Morgan fingerprint density at radius 2 is 1.79 bits per heavy atom. The Balaban J connectivity index is 1.41. The first kappa shape index (κ1) is 16.2. The van der Waals surface area contributed by atoms with E-state index in [1.807, 2.05) is 0 Å². The number of aromatic nitrogens is 2. The molecule has 3 heterocycles. The second-order valence-corrected chi connectivity index (χ2v) is 7.91. The lowest BCUT2D eigenvalue weighted by molar-refractivity contribution is 0.0770. The number of hydrogen-bond acceptors (Lipinski definition) is 5. The average molecular weight is 334 g/mol. The summed E-state index contributed by atoms with van der Waals surface area (Å²) in [6.45, 7) is 4.25. The van der Waals surface area contributed by atoms with Gasteiger partial charge in [0.25, 0.3) is 0 Å². The van der Waals surface area contributed by atoms with E-state index < -0.39 is 0 Å². The molecule has 0 amide bonds. The quantitative estimate of drug-likeness (QED) is 0.899. The van der Waals surface area contributed by atoms with Crippen molar-refractivity contribution in [1.82, 2.24) is 14.9 Å². The van der Waals surface area contributed by atoms with Crippen LogP contribution in [0.2, 0.25) is 0 Å². The smallest absolute Gasteiger partial charge is 0.225 e. The molecule has 6 heteroatoms. The van der Waals surface area contributed by atoms with Gasteiger partial charge in [0.2, 0.25) is 5.95 Å². The number of nitrogens with zero attached hydrogens (tertiary/aromatic N) is 4. The van der Waals surface area contributed by atoms with Gasteiger partial charge in [-0.15, -0.1) is 0 Å². The molecule has 3 fully saturated rings. The maximum atomic E-state index is 13.1. The minimum absolute atomic E-state index is 0.0846. The van der Waals surface area contributed by atoms with E-state index in [9.17, 15) is 9.50 Å². The Morgan fingerprint density at radius 1 is 1.04 bits per heavy atom. The van der Waals surface area contributed by atoms with Crippen molar-refractivity contribution in [1.29, 1.82) is 0 Å². The molecular weight excluding hydrogens is 307 g/mol. The van der Waals surface area contributed by atoms with E-state index in [-0.39, 0.29) is 11.9 Å². The minimum atomic E-state index is -0.378.